The Labute approximate surface area is 124 Å². The standard InChI is InChI=1S/C17H20N2O2/c20-16-11-19(17(21)15-6-1-2-9-18(15)16)14-8-7-12-4-3-5-13(12)10-14/h7-8,10,15H,1-6,9,11H2. The summed E-state index contributed by atoms with van der Waals surface area (Å²) in [4.78, 5) is 28.6. The largest absolute Gasteiger partial charge is 0.329 e. The lowest BCUT2D eigenvalue weighted by Gasteiger charge is -2.42. The first-order valence-electron chi connectivity index (χ1n) is 7.97. The Kier molecular flexibility index (Phi) is 2.98. The molecule has 110 valence electrons. The van der Waals surface area contributed by atoms with Crippen molar-refractivity contribution in [2.45, 2.75) is 44.6 Å². The molecule has 1 unspecified atom stereocenters. The van der Waals surface area contributed by atoms with Crippen LogP contribution in [-0.2, 0) is 22.4 Å². The molecule has 3 aliphatic rings. The second-order valence-corrected chi connectivity index (χ2v) is 6.33. The van der Waals surface area contributed by atoms with E-state index in [2.05, 4.69) is 12.1 Å². The van der Waals surface area contributed by atoms with Crippen molar-refractivity contribution in [1.29, 1.82) is 0 Å². The number of hydrogen-bond acceptors (Lipinski definition) is 2. The molecule has 0 bridgehead atoms. The summed E-state index contributed by atoms with van der Waals surface area (Å²) in [6.45, 7) is 0.946. The van der Waals surface area contributed by atoms with Crippen molar-refractivity contribution in [2.75, 3.05) is 18.0 Å². The Bertz CT molecular complexity index is 611. The molecule has 0 saturated carbocycles. The van der Waals surface area contributed by atoms with Gasteiger partial charge in [-0.1, -0.05) is 6.07 Å². The summed E-state index contributed by atoms with van der Waals surface area (Å²) in [5.41, 5.74) is 3.65. The van der Waals surface area contributed by atoms with Crippen LogP contribution in [0.5, 0.6) is 0 Å². The lowest BCUT2D eigenvalue weighted by atomic mass is 9.97. The van der Waals surface area contributed by atoms with E-state index >= 15 is 0 Å². The van der Waals surface area contributed by atoms with Gasteiger partial charge in [0.15, 0.2) is 0 Å². The molecule has 4 rings (SSSR count). The average Bonchev–Trinajstić information content (AvgIpc) is 2.98. The molecule has 2 amide bonds. The van der Waals surface area contributed by atoms with Crippen LogP contribution in [0.1, 0.15) is 36.8 Å². The van der Waals surface area contributed by atoms with Gasteiger partial charge in [0, 0.05) is 12.2 Å². The highest BCUT2D eigenvalue weighted by Gasteiger charge is 2.41. The Hall–Kier alpha value is -1.84. The van der Waals surface area contributed by atoms with Crippen LogP contribution >= 0.6 is 0 Å². The summed E-state index contributed by atoms with van der Waals surface area (Å²) in [6.07, 6.45) is 6.30. The zero-order chi connectivity index (χ0) is 14.4. The SMILES string of the molecule is O=C1C2CCCCN2C(=O)CN1c1ccc2c(c1)CCC2. The van der Waals surface area contributed by atoms with E-state index in [1.807, 2.05) is 6.07 Å². The topological polar surface area (TPSA) is 40.6 Å². The number of anilines is 1. The maximum absolute atomic E-state index is 12.7. The number of rotatable bonds is 1. The smallest absolute Gasteiger partial charge is 0.250 e. The number of carbonyl (C=O) groups excluding carboxylic acids is 2. The van der Waals surface area contributed by atoms with Crippen molar-refractivity contribution in [1.82, 2.24) is 4.90 Å². The van der Waals surface area contributed by atoms with Gasteiger partial charge in [0.2, 0.25) is 11.8 Å². The Morgan fingerprint density at radius 3 is 2.76 bits per heavy atom. The lowest BCUT2D eigenvalue weighted by Crippen LogP contribution is -2.61. The molecule has 1 aliphatic carbocycles. The van der Waals surface area contributed by atoms with Crippen LogP contribution in [0.3, 0.4) is 0 Å². The van der Waals surface area contributed by atoms with Gasteiger partial charge >= 0.3 is 0 Å². The van der Waals surface area contributed by atoms with Gasteiger partial charge < -0.3 is 9.80 Å². The zero-order valence-electron chi connectivity index (χ0n) is 12.2. The second kappa shape index (κ2) is 4.86. The van der Waals surface area contributed by atoms with E-state index in [1.165, 1.54) is 17.5 Å². The van der Waals surface area contributed by atoms with Crippen molar-refractivity contribution in [3.8, 4) is 0 Å². The molecule has 21 heavy (non-hydrogen) atoms. The molecule has 0 spiro atoms. The Morgan fingerprint density at radius 2 is 1.86 bits per heavy atom. The quantitative estimate of drug-likeness (QED) is 0.790. The molecule has 1 aromatic carbocycles. The monoisotopic (exact) mass is 284 g/mol. The average molecular weight is 284 g/mol. The van der Waals surface area contributed by atoms with Gasteiger partial charge in [-0.05, 0) is 61.8 Å². The summed E-state index contributed by atoms with van der Waals surface area (Å²) >= 11 is 0. The van der Waals surface area contributed by atoms with Crippen molar-refractivity contribution >= 4 is 17.5 Å². The highest BCUT2D eigenvalue weighted by atomic mass is 16.2. The molecule has 2 saturated heterocycles. The Balaban J connectivity index is 1.65. The van der Waals surface area contributed by atoms with Crippen LogP contribution in [0.25, 0.3) is 0 Å². The number of piperidine rings is 1. The fourth-order valence-corrected chi connectivity index (χ4v) is 3.92. The van der Waals surface area contributed by atoms with Gasteiger partial charge in [-0.25, -0.2) is 0 Å². The molecule has 1 atom stereocenters. The van der Waals surface area contributed by atoms with Crippen molar-refractivity contribution in [2.24, 2.45) is 0 Å². The molecular formula is C17H20N2O2. The molecule has 2 heterocycles. The third kappa shape index (κ3) is 2.04. The predicted molar refractivity (Wildman–Crippen MR) is 80.2 cm³/mol. The van der Waals surface area contributed by atoms with Gasteiger partial charge in [0.1, 0.15) is 12.6 Å². The van der Waals surface area contributed by atoms with Crippen molar-refractivity contribution < 1.29 is 9.59 Å². The highest BCUT2D eigenvalue weighted by molar-refractivity contribution is 6.06. The van der Waals surface area contributed by atoms with Crippen LogP contribution in [0.15, 0.2) is 18.2 Å². The lowest BCUT2D eigenvalue weighted by molar-refractivity contribution is -0.144. The molecule has 2 aliphatic heterocycles. The number of carbonyl (C=O) groups is 2. The fraction of sp³-hybridized carbons (Fsp3) is 0.529. The summed E-state index contributed by atoms with van der Waals surface area (Å²) < 4.78 is 0. The first-order valence-corrected chi connectivity index (χ1v) is 7.97. The van der Waals surface area contributed by atoms with E-state index in [0.29, 0.717) is 0 Å². The fourth-order valence-electron chi connectivity index (χ4n) is 3.92. The number of amides is 2. The maximum atomic E-state index is 12.7. The third-order valence-corrected chi connectivity index (χ3v) is 5.06. The Morgan fingerprint density at radius 1 is 1.00 bits per heavy atom. The van der Waals surface area contributed by atoms with Gasteiger partial charge in [0.05, 0.1) is 0 Å². The number of benzene rings is 1. The summed E-state index contributed by atoms with van der Waals surface area (Å²) in [6, 6.07) is 6.02. The summed E-state index contributed by atoms with van der Waals surface area (Å²) in [5.74, 6) is 0.201. The third-order valence-electron chi connectivity index (χ3n) is 5.06. The minimum atomic E-state index is -0.228. The van der Waals surface area contributed by atoms with Crippen LogP contribution in [0.4, 0.5) is 5.69 Å². The number of nitrogens with zero attached hydrogens (tertiary/aromatic N) is 2. The normalized spacial score (nSPS) is 25.0. The van der Waals surface area contributed by atoms with E-state index in [0.717, 1.165) is 44.3 Å². The van der Waals surface area contributed by atoms with Crippen molar-refractivity contribution in [3.05, 3.63) is 29.3 Å². The molecule has 2 fully saturated rings. The number of hydrogen-bond donors (Lipinski definition) is 0. The zero-order valence-corrected chi connectivity index (χ0v) is 12.2. The first kappa shape index (κ1) is 12.9. The molecule has 4 nitrogen and oxygen atoms in total. The van der Waals surface area contributed by atoms with Crippen LogP contribution in [-0.4, -0.2) is 35.8 Å². The van der Waals surface area contributed by atoms with E-state index < -0.39 is 0 Å². The minimum absolute atomic E-state index is 0.0970. The van der Waals surface area contributed by atoms with E-state index in [1.54, 1.807) is 9.80 Å². The highest BCUT2D eigenvalue weighted by Crippen LogP contribution is 2.30. The second-order valence-electron chi connectivity index (χ2n) is 6.33. The minimum Gasteiger partial charge on any atom is -0.329 e. The van der Waals surface area contributed by atoms with Crippen LogP contribution in [0.2, 0.25) is 0 Å². The van der Waals surface area contributed by atoms with Crippen molar-refractivity contribution in [3.63, 3.8) is 0 Å². The van der Waals surface area contributed by atoms with E-state index in [4.69, 9.17) is 0 Å². The van der Waals surface area contributed by atoms with E-state index in [-0.39, 0.29) is 24.4 Å². The summed E-state index contributed by atoms with van der Waals surface area (Å²) in [7, 11) is 0. The van der Waals surface area contributed by atoms with E-state index in [9.17, 15) is 9.59 Å². The van der Waals surface area contributed by atoms with Gasteiger partial charge in [-0.15, -0.1) is 0 Å². The molecule has 0 aromatic heterocycles. The molecule has 4 heteroatoms. The van der Waals surface area contributed by atoms with Crippen LogP contribution in [0, 0.1) is 0 Å². The number of piperazine rings is 1. The molecule has 1 aromatic rings. The van der Waals surface area contributed by atoms with Gasteiger partial charge in [-0.3, -0.25) is 9.59 Å². The molecule has 0 N–H and O–H groups in total. The molecule has 0 radical (unpaired) electrons. The van der Waals surface area contributed by atoms with Crippen LogP contribution < -0.4 is 4.90 Å². The number of aryl methyl sites for hydroxylation is 2. The maximum Gasteiger partial charge on any atom is 0.250 e. The predicted octanol–water partition coefficient (Wildman–Crippen LogP) is 1.90. The molecular weight excluding hydrogens is 264 g/mol. The summed E-state index contributed by atoms with van der Waals surface area (Å²) in [5, 5.41) is 0. The first-order chi connectivity index (χ1) is 10.2. The number of fused-ring (bicyclic) bond motifs is 2. The van der Waals surface area contributed by atoms with Gasteiger partial charge in [0.25, 0.3) is 0 Å². The van der Waals surface area contributed by atoms with Gasteiger partial charge in [-0.2, -0.15) is 0 Å².